The summed E-state index contributed by atoms with van der Waals surface area (Å²) in [6.45, 7) is 4.19. The maximum absolute atomic E-state index is 12.4. The highest BCUT2D eigenvalue weighted by Crippen LogP contribution is 2.30. The van der Waals surface area contributed by atoms with Gasteiger partial charge in [0.1, 0.15) is 5.69 Å². The van der Waals surface area contributed by atoms with Crippen molar-refractivity contribution < 1.29 is 4.79 Å². The van der Waals surface area contributed by atoms with Gasteiger partial charge in [0, 0.05) is 18.5 Å². The lowest BCUT2D eigenvalue weighted by Crippen LogP contribution is -2.39. The van der Waals surface area contributed by atoms with Crippen LogP contribution in [0.15, 0.2) is 11.0 Å². The van der Waals surface area contributed by atoms with E-state index in [4.69, 9.17) is 17.3 Å². The van der Waals surface area contributed by atoms with Crippen LogP contribution in [0.4, 0.5) is 5.69 Å². The molecule has 1 heterocycles. The van der Waals surface area contributed by atoms with Crippen LogP contribution in [0.5, 0.6) is 0 Å². The van der Waals surface area contributed by atoms with Crippen LogP contribution in [0.1, 0.15) is 33.1 Å². The predicted octanol–water partition coefficient (Wildman–Crippen LogP) is 1.37. The highest BCUT2D eigenvalue weighted by molar-refractivity contribution is 6.33. The quantitative estimate of drug-likeness (QED) is 0.830. The summed E-state index contributed by atoms with van der Waals surface area (Å²) < 4.78 is 1.42. The summed E-state index contributed by atoms with van der Waals surface area (Å²) in [7, 11) is 0. The highest BCUT2D eigenvalue weighted by Gasteiger charge is 2.26. The van der Waals surface area contributed by atoms with Gasteiger partial charge in [-0.2, -0.15) is 5.10 Å². The maximum Gasteiger partial charge on any atom is 0.291 e. The van der Waals surface area contributed by atoms with Gasteiger partial charge in [0.25, 0.3) is 5.56 Å². The van der Waals surface area contributed by atoms with Gasteiger partial charge in [0.2, 0.25) is 5.91 Å². The van der Waals surface area contributed by atoms with Gasteiger partial charge in [-0.25, -0.2) is 4.68 Å². The number of amides is 1. The average Bonchev–Trinajstić information content (AvgIpc) is 3.10. The lowest BCUT2D eigenvalue weighted by Gasteiger charge is -2.26. The Kier molecular flexibility index (Phi) is 4.04. The molecule has 1 aromatic heterocycles. The first-order valence-electron chi connectivity index (χ1n) is 6.60. The van der Waals surface area contributed by atoms with Crippen molar-refractivity contribution in [3.05, 3.63) is 21.6 Å². The Balaban J connectivity index is 2.25. The minimum absolute atomic E-state index is 0.105. The molecule has 0 aliphatic heterocycles. The third kappa shape index (κ3) is 3.72. The van der Waals surface area contributed by atoms with Crippen LogP contribution >= 0.6 is 11.6 Å². The van der Waals surface area contributed by atoms with Gasteiger partial charge in [0.05, 0.1) is 11.2 Å². The van der Waals surface area contributed by atoms with Crippen molar-refractivity contribution in [1.82, 2.24) is 9.78 Å². The largest absolute Gasteiger partial charge is 0.374 e. The Hall–Kier alpha value is -1.56. The molecule has 0 bridgehead atoms. The third-order valence-electron chi connectivity index (χ3n) is 3.21. The molecule has 0 saturated heterocycles. The molecule has 3 N–H and O–H groups in total. The van der Waals surface area contributed by atoms with Gasteiger partial charge in [-0.05, 0) is 32.6 Å². The SMILES string of the molecule is CC(C)(CC(N)=O)Nc1c(Cl)cnn(CC2CC2)c1=O. The van der Waals surface area contributed by atoms with Gasteiger partial charge >= 0.3 is 0 Å². The Labute approximate surface area is 122 Å². The number of aromatic nitrogens is 2. The highest BCUT2D eigenvalue weighted by atomic mass is 35.5. The van der Waals surface area contributed by atoms with Crippen molar-refractivity contribution in [2.75, 3.05) is 5.32 Å². The maximum atomic E-state index is 12.4. The standard InChI is InChI=1S/C13H19ClN4O2/c1-13(2,5-10(15)19)17-11-9(14)6-16-18(12(11)20)7-8-3-4-8/h6,8,17H,3-5,7H2,1-2H3,(H2,15,19). The van der Waals surface area contributed by atoms with Gasteiger partial charge in [0.15, 0.2) is 0 Å². The van der Waals surface area contributed by atoms with E-state index in [-0.39, 0.29) is 22.7 Å². The molecule has 110 valence electrons. The first-order chi connectivity index (χ1) is 9.28. The van der Waals surface area contributed by atoms with E-state index >= 15 is 0 Å². The number of primary amides is 1. The molecule has 1 saturated carbocycles. The zero-order chi connectivity index (χ0) is 14.9. The van der Waals surface area contributed by atoms with E-state index in [0.29, 0.717) is 12.5 Å². The topological polar surface area (TPSA) is 90.0 Å². The molecule has 0 unspecified atom stereocenters. The number of nitrogens with zero attached hydrogens (tertiary/aromatic N) is 2. The van der Waals surface area contributed by atoms with E-state index < -0.39 is 11.4 Å². The first-order valence-corrected chi connectivity index (χ1v) is 6.98. The molecule has 20 heavy (non-hydrogen) atoms. The number of hydrogen-bond donors (Lipinski definition) is 2. The molecule has 2 rings (SSSR count). The van der Waals surface area contributed by atoms with E-state index in [1.807, 2.05) is 0 Å². The molecule has 6 nitrogen and oxygen atoms in total. The lowest BCUT2D eigenvalue weighted by molar-refractivity contribution is -0.118. The van der Waals surface area contributed by atoms with Crippen molar-refractivity contribution >= 4 is 23.2 Å². The van der Waals surface area contributed by atoms with E-state index in [1.54, 1.807) is 13.8 Å². The molecule has 0 spiro atoms. The van der Waals surface area contributed by atoms with Crippen molar-refractivity contribution in [3.8, 4) is 0 Å². The van der Waals surface area contributed by atoms with Gasteiger partial charge in [-0.1, -0.05) is 11.6 Å². The smallest absolute Gasteiger partial charge is 0.291 e. The zero-order valence-electron chi connectivity index (χ0n) is 11.6. The molecular weight excluding hydrogens is 280 g/mol. The van der Waals surface area contributed by atoms with Crippen LogP contribution < -0.4 is 16.6 Å². The summed E-state index contributed by atoms with van der Waals surface area (Å²) in [5, 5.41) is 7.31. The van der Waals surface area contributed by atoms with Gasteiger partial charge < -0.3 is 11.1 Å². The molecule has 1 amide bonds. The van der Waals surface area contributed by atoms with Crippen LogP contribution in [-0.2, 0) is 11.3 Å². The van der Waals surface area contributed by atoms with E-state index in [0.717, 1.165) is 12.8 Å². The molecule has 0 radical (unpaired) electrons. The average molecular weight is 299 g/mol. The Bertz CT molecular complexity index is 578. The van der Waals surface area contributed by atoms with Gasteiger partial charge in [-0.15, -0.1) is 0 Å². The number of hydrogen-bond acceptors (Lipinski definition) is 4. The van der Waals surface area contributed by atoms with Crippen LogP contribution in [-0.4, -0.2) is 21.2 Å². The van der Waals surface area contributed by atoms with Crippen molar-refractivity contribution in [3.63, 3.8) is 0 Å². The molecule has 1 aliphatic rings. The minimum Gasteiger partial charge on any atom is -0.374 e. The van der Waals surface area contributed by atoms with Crippen molar-refractivity contribution in [1.29, 1.82) is 0 Å². The monoisotopic (exact) mass is 298 g/mol. The fourth-order valence-electron chi connectivity index (χ4n) is 2.07. The summed E-state index contributed by atoms with van der Waals surface area (Å²) in [4.78, 5) is 23.4. The second-order valence-electron chi connectivity index (χ2n) is 5.95. The number of rotatable bonds is 6. The van der Waals surface area contributed by atoms with Crippen LogP contribution in [0.2, 0.25) is 5.02 Å². The van der Waals surface area contributed by atoms with Crippen molar-refractivity contribution in [2.45, 2.75) is 45.2 Å². The summed E-state index contributed by atoms with van der Waals surface area (Å²) >= 11 is 6.04. The first kappa shape index (κ1) is 14.8. The zero-order valence-corrected chi connectivity index (χ0v) is 12.4. The Morgan fingerprint density at radius 1 is 1.60 bits per heavy atom. The minimum atomic E-state index is -0.645. The predicted molar refractivity (Wildman–Crippen MR) is 77.7 cm³/mol. The fourth-order valence-corrected chi connectivity index (χ4v) is 2.25. The molecule has 1 aliphatic carbocycles. The normalized spacial score (nSPS) is 15.2. The van der Waals surface area contributed by atoms with E-state index in [1.165, 1.54) is 10.9 Å². The third-order valence-corrected chi connectivity index (χ3v) is 3.49. The second kappa shape index (κ2) is 5.44. The molecular formula is C13H19ClN4O2. The summed E-state index contributed by atoms with van der Waals surface area (Å²) in [6.07, 6.45) is 3.82. The number of anilines is 1. The van der Waals surface area contributed by atoms with Gasteiger partial charge in [-0.3, -0.25) is 9.59 Å². The van der Waals surface area contributed by atoms with Crippen molar-refractivity contribution in [2.24, 2.45) is 11.7 Å². The second-order valence-corrected chi connectivity index (χ2v) is 6.36. The van der Waals surface area contributed by atoms with Crippen LogP contribution in [0.3, 0.4) is 0 Å². The number of halogens is 1. The molecule has 0 aromatic carbocycles. The van der Waals surface area contributed by atoms with Crippen LogP contribution in [0, 0.1) is 5.92 Å². The Morgan fingerprint density at radius 2 is 2.25 bits per heavy atom. The molecule has 0 atom stereocenters. The Morgan fingerprint density at radius 3 is 2.80 bits per heavy atom. The lowest BCUT2D eigenvalue weighted by atomic mass is 10.00. The molecule has 1 aromatic rings. The summed E-state index contributed by atoms with van der Waals surface area (Å²) in [6, 6.07) is 0. The number of carbonyl (C=O) groups is 1. The van der Waals surface area contributed by atoms with E-state index in [9.17, 15) is 9.59 Å². The summed E-state index contributed by atoms with van der Waals surface area (Å²) in [5.41, 5.74) is 4.57. The van der Waals surface area contributed by atoms with Crippen LogP contribution in [0.25, 0.3) is 0 Å². The fraction of sp³-hybridized carbons (Fsp3) is 0.615. The number of carbonyl (C=O) groups excluding carboxylic acids is 1. The molecule has 7 heteroatoms. The molecule has 1 fully saturated rings. The number of nitrogens with two attached hydrogens (primary N) is 1. The van der Waals surface area contributed by atoms with E-state index in [2.05, 4.69) is 10.4 Å². The number of nitrogens with one attached hydrogen (secondary N) is 1. The summed E-state index contributed by atoms with van der Waals surface area (Å²) in [5.74, 6) is 0.0961.